The Balaban J connectivity index is 1.32. The molecule has 2 aliphatic heterocycles. The molecule has 9 heteroatoms. The van der Waals surface area contributed by atoms with Gasteiger partial charge in [-0.25, -0.2) is 14.8 Å². The molecule has 0 saturated carbocycles. The minimum Gasteiger partial charge on any atom is -0.322 e. The van der Waals surface area contributed by atoms with Crippen LogP contribution in [0.3, 0.4) is 0 Å². The minimum atomic E-state index is -0.209. The average Bonchev–Trinajstić information content (AvgIpc) is 3.37. The Kier molecular flexibility index (Phi) is 5.58. The van der Waals surface area contributed by atoms with E-state index in [1.807, 2.05) is 23.1 Å². The molecular weight excluding hydrogens is 392 g/mol. The third kappa shape index (κ3) is 4.29. The summed E-state index contributed by atoms with van der Waals surface area (Å²) in [6, 6.07) is 9.39. The zero-order valence-corrected chi connectivity index (χ0v) is 17.3. The molecule has 2 saturated heterocycles. The molecule has 2 amide bonds. The first kappa shape index (κ1) is 19.9. The highest BCUT2D eigenvalue weighted by Crippen LogP contribution is 2.32. The zero-order chi connectivity index (χ0) is 20.5. The number of fused-ring (bicyclic) bond motifs is 1. The van der Waals surface area contributed by atoms with Crippen LogP contribution in [0.2, 0.25) is 5.02 Å². The van der Waals surface area contributed by atoms with Crippen LogP contribution < -0.4 is 5.32 Å². The van der Waals surface area contributed by atoms with Crippen molar-refractivity contribution in [3.8, 4) is 0 Å². The van der Waals surface area contributed by atoms with E-state index in [4.69, 9.17) is 11.6 Å². The van der Waals surface area contributed by atoms with E-state index in [1.165, 1.54) is 11.6 Å². The minimum absolute atomic E-state index is 0.146. The lowest BCUT2D eigenvalue weighted by molar-refractivity contribution is -0.114. The highest BCUT2D eigenvalue weighted by molar-refractivity contribution is 6.31. The molecule has 1 aromatic carbocycles. The van der Waals surface area contributed by atoms with E-state index in [0.29, 0.717) is 17.7 Å². The van der Waals surface area contributed by atoms with Gasteiger partial charge >= 0.3 is 6.03 Å². The quantitative estimate of drug-likeness (QED) is 0.828. The molecule has 0 bridgehead atoms. The number of nitrogens with one attached hydrogen (secondary N) is 1. The number of carbonyl (C=O) groups is 2. The molecule has 4 rings (SSSR count). The van der Waals surface area contributed by atoms with Gasteiger partial charge in [-0.15, -0.1) is 5.10 Å². The molecule has 154 valence electrons. The Morgan fingerprint density at radius 1 is 1.17 bits per heavy atom. The normalized spacial score (nSPS) is 21.6. The van der Waals surface area contributed by atoms with Gasteiger partial charge in [-0.05, 0) is 23.5 Å². The second kappa shape index (κ2) is 8.14. The molecule has 2 aliphatic rings. The van der Waals surface area contributed by atoms with E-state index in [2.05, 4.69) is 33.5 Å². The molecule has 8 nitrogen and oxygen atoms in total. The first-order valence-electron chi connectivity index (χ1n) is 9.72. The van der Waals surface area contributed by atoms with Gasteiger partial charge in [0.05, 0.1) is 0 Å². The van der Waals surface area contributed by atoms with E-state index < -0.39 is 0 Å². The first-order valence-corrected chi connectivity index (χ1v) is 10.1. The van der Waals surface area contributed by atoms with Crippen molar-refractivity contribution in [2.24, 2.45) is 11.8 Å². The Morgan fingerprint density at radius 2 is 1.86 bits per heavy atom. The summed E-state index contributed by atoms with van der Waals surface area (Å²) in [6.45, 7) is 5.46. The Morgan fingerprint density at radius 3 is 2.52 bits per heavy atom. The van der Waals surface area contributed by atoms with E-state index in [-0.39, 0.29) is 11.9 Å². The molecule has 0 unspecified atom stereocenters. The molecule has 0 spiro atoms. The topological polar surface area (TPSA) is 73.7 Å². The van der Waals surface area contributed by atoms with Crippen molar-refractivity contribution in [3.63, 3.8) is 0 Å². The van der Waals surface area contributed by atoms with Crippen molar-refractivity contribution in [1.29, 1.82) is 0 Å². The van der Waals surface area contributed by atoms with Crippen molar-refractivity contribution in [3.05, 3.63) is 47.1 Å². The maximum absolute atomic E-state index is 12.7. The number of aromatic nitrogens is 2. The van der Waals surface area contributed by atoms with Gasteiger partial charge in [0.2, 0.25) is 5.91 Å². The van der Waals surface area contributed by atoms with Crippen LogP contribution in [0.1, 0.15) is 12.5 Å². The molecular formula is C20H25ClN6O2. The summed E-state index contributed by atoms with van der Waals surface area (Å²) in [6.07, 6.45) is 1.59. The van der Waals surface area contributed by atoms with Crippen LogP contribution in [0, 0.1) is 11.8 Å². The molecule has 0 aliphatic carbocycles. The third-order valence-corrected chi connectivity index (χ3v) is 6.04. The van der Waals surface area contributed by atoms with Crippen LogP contribution in [-0.2, 0) is 11.3 Å². The monoisotopic (exact) mass is 416 g/mol. The van der Waals surface area contributed by atoms with Crippen molar-refractivity contribution >= 4 is 29.4 Å². The predicted molar refractivity (Wildman–Crippen MR) is 110 cm³/mol. The van der Waals surface area contributed by atoms with Gasteiger partial charge in [0.15, 0.2) is 5.82 Å². The van der Waals surface area contributed by atoms with Gasteiger partial charge in [0.1, 0.15) is 0 Å². The summed E-state index contributed by atoms with van der Waals surface area (Å²) in [5.74, 6) is 1.06. The van der Waals surface area contributed by atoms with E-state index in [0.717, 1.165) is 43.3 Å². The first-order chi connectivity index (χ1) is 13.9. The van der Waals surface area contributed by atoms with Crippen molar-refractivity contribution in [2.45, 2.75) is 13.5 Å². The lowest BCUT2D eigenvalue weighted by atomic mass is 10.0. The summed E-state index contributed by atoms with van der Waals surface area (Å²) in [5.41, 5.74) is 1.11. The molecule has 1 aromatic heterocycles. The number of likely N-dealkylation sites (tertiary alicyclic amines) is 1. The fraction of sp³-hybridized carbons (Fsp3) is 0.450. The van der Waals surface area contributed by atoms with Gasteiger partial charge in [0, 0.05) is 64.0 Å². The van der Waals surface area contributed by atoms with Crippen LogP contribution >= 0.6 is 11.6 Å². The number of hydrogen-bond donors (Lipinski definition) is 1. The SMILES string of the molecule is CC(=O)Nc1ccn(C(=O)N2C[C@@H]3CN(N(C)Cc4ccccc4Cl)C[C@@H]3C2)n1. The van der Waals surface area contributed by atoms with Crippen LogP contribution in [0.4, 0.5) is 10.6 Å². The lowest BCUT2D eigenvalue weighted by Crippen LogP contribution is -2.41. The summed E-state index contributed by atoms with van der Waals surface area (Å²) >= 11 is 6.29. The van der Waals surface area contributed by atoms with Crippen LogP contribution in [0.15, 0.2) is 36.5 Å². The summed E-state index contributed by atoms with van der Waals surface area (Å²) in [7, 11) is 2.08. The molecule has 29 heavy (non-hydrogen) atoms. The number of amides is 2. The van der Waals surface area contributed by atoms with Gasteiger partial charge < -0.3 is 10.2 Å². The highest BCUT2D eigenvalue weighted by Gasteiger charge is 2.43. The Bertz CT molecular complexity index is 902. The van der Waals surface area contributed by atoms with Gasteiger partial charge in [-0.1, -0.05) is 29.8 Å². The van der Waals surface area contributed by atoms with Crippen LogP contribution in [-0.4, -0.2) is 69.9 Å². The summed E-state index contributed by atoms with van der Waals surface area (Å²) < 4.78 is 1.30. The molecule has 1 N–H and O–H groups in total. The number of hydrazine groups is 1. The molecule has 0 radical (unpaired) electrons. The standard InChI is InChI=1S/C20H25ClN6O2/c1-14(28)22-19-7-8-27(23-19)20(29)25-10-16-12-26(13-17(16)11-25)24(2)9-15-5-3-4-6-18(15)21/h3-8,16-17H,9-13H2,1-2H3,(H,22,23,28)/t16-,17+. The molecule has 2 atom stereocenters. The maximum Gasteiger partial charge on any atom is 0.344 e. The second-order valence-electron chi connectivity index (χ2n) is 7.81. The molecule has 2 fully saturated rings. The maximum atomic E-state index is 12.7. The predicted octanol–water partition coefficient (Wildman–Crippen LogP) is 2.37. The zero-order valence-electron chi connectivity index (χ0n) is 16.6. The smallest absolute Gasteiger partial charge is 0.322 e. The second-order valence-corrected chi connectivity index (χ2v) is 8.22. The summed E-state index contributed by atoms with van der Waals surface area (Å²) in [5, 5.41) is 12.1. The number of hydrogen-bond acceptors (Lipinski definition) is 5. The largest absolute Gasteiger partial charge is 0.344 e. The van der Waals surface area contributed by atoms with Gasteiger partial charge in [0.25, 0.3) is 0 Å². The van der Waals surface area contributed by atoms with Crippen molar-refractivity contribution in [2.75, 3.05) is 38.5 Å². The fourth-order valence-corrected chi connectivity index (χ4v) is 4.39. The average molecular weight is 417 g/mol. The van der Waals surface area contributed by atoms with Gasteiger partial charge in [-0.3, -0.25) is 4.79 Å². The van der Waals surface area contributed by atoms with Gasteiger partial charge in [-0.2, -0.15) is 4.68 Å². The number of carbonyl (C=O) groups excluding carboxylic acids is 2. The number of benzene rings is 1. The van der Waals surface area contributed by atoms with Crippen molar-refractivity contribution in [1.82, 2.24) is 24.7 Å². The number of rotatable bonds is 4. The number of anilines is 1. The Labute approximate surface area is 175 Å². The van der Waals surface area contributed by atoms with E-state index in [1.54, 1.807) is 12.3 Å². The molecule has 2 aromatic rings. The Hall–Kier alpha value is -2.42. The fourth-order valence-electron chi connectivity index (χ4n) is 4.20. The van der Waals surface area contributed by atoms with E-state index in [9.17, 15) is 9.59 Å². The molecule has 3 heterocycles. The number of nitrogens with zero attached hydrogens (tertiary/aromatic N) is 5. The number of halogens is 1. The highest BCUT2D eigenvalue weighted by atomic mass is 35.5. The van der Waals surface area contributed by atoms with Crippen LogP contribution in [0.5, 0.6) is 0 Å². The van der Waals surface area contributed by atoms with Crippen LogP contribution in [0.25, 0.3) is 0 Å². The summed E-state index contributed by atoms with van der Waals surface area (Å²) in [4.78, 5) is 25.7. The lowest BCUT2D eigenvalue weighted by Gasteiger charge is -2.30. The van der Waals surface area contributed by atoms with E-state index >= 15 is 0 Å². The van der Waals surface area contributed by atoms with Crippen molar-refractivity contribution < 1.29 is 9.59 Å². The third-order valence-electron chi connectivity index (χ3n) is 5.67.